The maximum absolute atomic E-state index is 5.00. The molecule has 1 rings (SSSR count). The van der Waals surface area contributed by atoms with Gasteiger partial charge in [-0.2, -0.15) is 0 Å². The van der Waals surface area contributed by atoms with Crippen molar-refractivity contribution < 1.29 is 4.74 Å². The molecular weight excluding hydrogens is 254 g/mol. The van der Waals surface area contributed by atoms with Gasteiger partial charge in [0.25, 0.3) is 0 Å². The molecule has 1 aromatic rings. The number of hydrogen-bond acceptors (Lipinski definition) is 2. The van der Waals surface area contributed by atoms with Gasteiger partial charge in [-0.05, 0) is 37.6 Å². The average molecular weight is 272 g/mol. The Kier molecular flexibility index (Phi) is 5.91. The number of benzene rings is 1. The van der Waals surface area contributed by atoms with Gasteiger partial charge in [0.1, 0.15) is 0 Å². The molecule has 3 heteroatoms. The minimum Gasteiger partial charge on any atom is -0.385 e. The van der Waals surface area contributed by atoms with E-state index in [4.69, 9.17) is 4.74 Å². The highest BCUT2D eigenvalue weighted by Gasteiger charge is 2.03. The maximum atomic E-state index is 5.00. The van der Waals surface area contributed by atoms with Crippen LogP contribution in [-0.4, -0.2) is 20.3 Å². The summed E-state index contributed by atoms with van der Waals surface area (Å²) in [6, 6.07) is 8.82. The van der Waals surface area contributed by atoms with Gasteiger partial charge in [-0.3, -0.25) is 0 Å². The van der Waals surface area contributed by atoms with Crippen molar-refractivity contribution in [2.24, 2.45) is 0 Å². The summed E-state index contributed by atoms with van der Waals surface area (Å²) < 4.78 is 6.12. The Morgan fingerprint density at radius 1 is 1.33 bits per heavy atom. The minimum absolute atomic E-state index is 0.398. The first-order chi connectivity index (χ1) is 7.24. The van der Waals surface area contributed by atoms with Crippen molar-refractivity contribution in [1.29, 1.82) is 0 Å². The number of nitrogens with one attached hydrogen (secondary N) is 1. The third-order valence-corrected chi connectivity index (χ3v) is 2.87. The maximum Gasteiger partial charge on any atom is 0.0474 e. The summed E-state index contributed by atoms with van der Waals surface area (Å²) in [4.78, 5) is 0. The van der Waals surface area contributed by atoms with Crippen LogP contribution in [0.5, 0.6) is 0 Å². The first-order valence-corrected chi connectivity index (χ1v) is 6.01. The Morgan fingerprint density at radius 3 is 2.60 bits per heavy atom. The molecule has 0 saturated heterocycles. The van der Waals surface area contributed by atoms with Crippen molar-refractivity contribution in [2.75, 3.05) is 20.3 Å². The first kappa shape index (κ1) is 12.7. The fourth-order valence-corrected chi connectivity index (χ4v) is 1.67. The molecular formula is C12H18BrNO. The molecule has 1 atom stereocenters. The number of rotatable bonds is 6. The smallest absolute Gasteiger partial charge is 0.0474 e. The van der Waals surface area contributed by atoms with Gasteiger partial charge in [0, 0.05) is 24.2 Å². The lowest BCUT2D eigenvalue weighted by Gasteiger charge is -2.14. The standard InChI is InChI=1S/C12H18BrNO/c1-10(14-8-3-9-15-2)11-4-6-12(13)7-5-11/h4-7,10,14H,3,8-9H2,1-2H3/t10-/m1/s1. The van der Waals surface area contributed by atoms with E-state index in [9.17, 15) is 0 Å². The number of methoxy groups -OCH3 is 1. The molecule has 0 amide bonds. The zero-order valence-electron chi connectivity index (χ0n) is 9.29. The van der Waals surface area contributed by atoms with Crippen molar-refractivity contribution in [3.05, 3.63) is 34.3 Å². The Hall–Kier alpha value is -0.380. The van der Waals surface area contributed by atoms with E-state index in [2.05, 4.69) is 52.4 Å². The minimum atomic E-state index is 0.398. The zero-order chi connectivity index (χ0) is 11.1. The van der Waals surface area contributed by atoms with Gasteiger partial charge in [-0.25, -0.2) is 0 Å². The van der Waals surface area contributed by atoms with Crippen LogP contribution >= 0.6 is 15.9 Å². The van der Waals surface area contributed by atoms with Crippen LogP contribution in [0, 0.1) is 0 Å². The largest absolute Gasteiger partial charge is 0.385 e. The molecule has 15 heavy (non-hydrogen) atoms. The van der Waals surface area contributed by atoms with Crippen molar-refractivity contribution in [2.45, 2.75) is 19.4 Å². The van der Waals surface area contributed by atoms with E-state index < -0.39 is 0 Å². The van der Waals surface area contributed by atoms with E-state index in [1.807, 2.05) is 0 Å². The Bertz CT molecular complexity index is 273. The van der Waals surface area contributed by atoms with Gasteiger partial charge in [-0.15, -0.1) is 0 Å². The normalized spacial score (nSPS) is 12.7. The Balaban J connectivity index is 2.33. The second kappa shape index (κ2) is 6.99. The van der Waals surface area contributed by atoms with Crippen LogP contribution in [0.1, 0.15) is 24.9 Å². The van der Waals surface area contributed by atoms with Crippen LogP contribution in [0.3, 0.4) is 0 Å². The van der Waals surface area contributed by atoms with Crippen LogP contribution < -0.4 is 5.32 Å². The van der Waals surface area contributed by atoms with E-state index in [0.717, 1.165) is 24.0 Å². The van der Waals surface area contributed by atoms with Crippen LogP contribution in [0.15, 0.2) is 28.7 Å². The molecule has 0 heterocycles. The van der Waals surface area contributed by atoms with Crippen molar-refractivity contribution >= 4 is 15.9 Å². The highest BCUT2D eigenvalue weighted by molar-refractivity contribution is 9.10. The highest BCUT2D eigenvalue weighted by atomic mass is 79.9. The van der Waals surface area contributed by atoms with Crippen LogP contribution in [0.2, 0.25) is 0 Å². The predicted octanol–water partition coefficient (Wildman–Crippen LogP) is 3.14. The predicted molar refractivity (Wildman–Crippen MR) is 67.1 cm³/mol. The molecule has 0 spiro atoms. The van der Waals surface area contributed by atoms with Gasteiger partial charge >= 0.3 is 0 Å². The molecule has 0 bridgehead atoms. The molecule has 0 radical (unpaired) electrons. The molecule has 0 saturated carbocycles. The van der Waals surface area contributed by atoms with E-state index >= 15 is 0 Å². The lowest BCUT2D eigenvalue weighted by molar-refractivity contribution is 0.193. The number of hydrogen-bond donors (Lipinski definition) is 1. The summed E-state index contributed by atoms with van der Waals surface area (Å²) in [6.45, 7) is 3.99. The SMILES string of the molecule is COCCCN[C@H](C)c1ccc(Br)cc1. The average Bonchev–Trinajstić information content (AvgIpc) is 2.25. The fraction of sp³-hybridized carbons (Fsp3) is 0.500. The molecule has 0 unspecified atom stereocenters. The Labute approximate surface area is 100 Å². The summed E-state index contributed by atoms with van der Waals surface area (Å²) in [6.07, 6.45) is 1.05. The van der Waals surface area contributed by atoms with E-state index in [0.29, 0.717) is 6.04 Å². The summed E-state index contributed by atoms with van der Waals surface area (Å²) in [5, 5.41) is 3.46. The number of halogens is 1. The monoisotopic (exact) mass is 271 g/mol. The third-order valence-electron chi connectivity index (χ3n) is 2.35. The molecule has 0 aliphatic rings. The van der Waals surface area contributed by atoms with Gasteiger partial charge in [0.2, 0.25) is 0 Å². The summed E-state index contributed by atoms with van der Waals surface area (Å²) >= 11 is 3.43. The second-order valence-corrected chi connectivity index (χ2v) is 4.49. The quantitative estimate of drug-likeness (QED) is 0.803. The first-order valence-electron chi connectivity index (χ1n) is 5.22. The lowest BCUT2D eigenvalue weighted by Crippen LogP contribution is -2.20. The third kappa shape index (κ3) is 4.78. The summed E-state index contributed by atoms with van der Waals surface area (Å²) in [5.41, 5.74) is 1.32. The van der Waals surface area contributed by atoms with Crippen molar-refractivity contribution in [3.63, 3.8) is 0 Å². The van der Waals surface area contributed by atoms with Gasteiger partial charge in [0.05, 0.1) is 0 Å². The van der Waals surface area contributed by atoms with Crippen LogP contribution in [0.25, 0.3) is 0 Å². The molecule has 84 valence electrons. The molecule has 0 aliphatic heterocycles. The molecule has 2 nitrogen and oxygen atoms in total. The molecule has 1 N–H and O–H groups in total. The van der Waals surface area contributed by atoms with Gasteiger partial charge in [0.15, 0.2) is 0 Å². The van der Waals surface area contributed by atoms with Gasteiger partial charge in [-0.1, -0.05) is 28.1 Å². The molecule has 1 aromatic carbocycles. The van der Waals surface area contributed by atoms with Crippen molar-refractivity contribution in [1.82, 2.24) is 5.32 Å². The van der Waals surface area contributed by atoms with Crippen LogP contribution in [0.4, 0.5) is 0 Å². The van der Waals surface area contributed by atoms with Gasteiger partial charge < -0.3 is 10.1 Å². The molecule has 0 aliphatic carbocycles. The van der Waals surface area contributed by atoms with E-state index in [-0.39, 0.29) is 0 Å². The zero-order valence-corrected chi connectivity index (χ0v) is 10.9. The van der Waals surface area contributed by atoms with Crippen molar-refractivity contribution in [3.8, 4) is 0 Å². The molecule has 0 fully saturated rings. The van der Waals surface area contributed by atoms with E-state index in [1.165, 1.54) is 5.56 Å². The topological polar surface area (TPSA) is 21.3 Å². The Morgan fingerprint density at radius 2 is 2.00 bits per heavy atom. The van der Waals surface area contributed by atoms with E-state index in [1.54, 1.807) is 7.11 Å². The summed E-state index contributed by atoms with van der Waals surface area (Å²) in [5.74, 6) is 0. The highest BCUT2D eigenvalue weighted by Crippen LogP contribution is 2.16. The molecule has 0 aromatic heterocycles. The number of ether oxygens (including phenoxy) is 1. The summed E-state index contributed by atoms with van der Waals surface area (Å²) in [7, 11) is 1.73. The van der Waals surface area contributed by atoms with Crippen LogP contribution in [-0.2, 0) is 4.74 Å². The fourth-order valence-electron chi connectivity index (χ4n) is 1.40. The lowest BCUT2D eigenvalue weighted by atomic mass is 10.1. The second-order valence-electron chi connectivity index (χ2n) is 3.57.